The molecule has 0 bridgehead atoms. The van der Waals surface area contributed by atoms with Gasteiger partial charge in [0, 0.05) is 30.7 Å². The molecule has 2 N–H and O–H groups in total. The maximum atomic E-state index is 12.5. The Bertz CT molecular complexity index is 492. The van der Waals surface area contributed by atoms with Gasteiger partial charge in [-0.3, -0.25) is 19.4 Å². The van der Waals surface area contributed by atoms with Crippen molar-refractivity contribution in [2.24, 2.45) is 0 Å². The summed E-state index contributed by atoms with van der Waals surface area (Å²) in [5, 5.41) is 6.07. The lowest BCUT2D eigenvalue weighted by atomic mass is 9.79. The topological polar surface area (TPSA) is 73.9 Å². The van der Waals surface area contributed by atoms with E-state index in [1.807, 2.05) is 20.8 Å². The summed E-state index contributed by atoms with van der Waals surface area (Å²) in [7, 11) is 1.81. The van der Waals surface area contributed by atoms with Gasteiger partial charge in [-0.15, -0.1) is 0 Å². The van der Waals surface area contributed by atoms with Crippen molar-refractivity contribution in [2.45, 2.75) is 64.0 Å². The highest BCUT2D eigenvalue weighted by molar-refractivity contribution is 5.81. The van der Waals surface area contributed by atoms with E-state index >= 15 is 0 Å². The monoisotopic (exact) mass is 382 g/mol. The van der Waals surface area contributed by atoms with E-state index in [4.69, 9.17) is 4.74 Å². The molecule has 2 rings (SSSR count). The molecule has 156 valence electrons. The summed E-state index contributed by atoms with van der Waals surface area (Å²) in [6.45, 7) is 10.4. The molecule has 7 nitrogen and oxygen atoms in total. The molecular formula is C20H38N4O3. The molecule has 2 amide bonds. The van der Waals surface area contributed by atoms with Crippen LogP contribution in [0.2, 0.25) is 0 Å². The molecule has 1 aliphatic carbocycles. The summed E-state index contributed by atoms with van der Waals surface area (Å²) in [6.07, 6.45) is 6.00. The number of nitrogens with zero attached hydrogens (tertiary/aromatic N) is 2. The van der Waals surface area contributed by atoms with Crippen molar-refractivity contribution in [3.8, 4) is 0 Å². The van der Waals surface area contributed by atoms with Gasteiger partial charge >= 0.3 is 0 Å². The largest absolute Gasteiger partial charge is 0.379 e. The van der Waals surface area contributed by atoms with Crippen LogP contribution in [0.25, 0.3) is 0 Å². The smallest absolute Gasteiger partial charge is 0.234 e. The van der Waals surface area contributed by atoms with Gasteiger partial charge in [0.2, 0.25) is 11.8 Å². The summed E-state index contributed by atoms with van der Waals surface area (Å²) in [5.74, 6) is -0.0749. The molecule has 1 heterocycles. The van der Waals surface area contributed by atoms with E-state index in [-0.39, 0.29) is 36.0 Å². The van der Waals surface area contributed by atoms with Crippen LogP contribution < -0.4 is 10.6 Å². The zero-order valence-corrected chi connectivity index (χ0v) is 17.6. The van der Waals surface area contributed by atoms with Crippen molar-refractivity contribution in [3.63, 3.8) is 0 Å². The fraction of sp³-hybridized carbons (Fsp3) is 0.900. The SMILES string of the molecule is CN(CC(=O)NCC1(N2CCOCC2)CCCCC1)CC(=O)NC(C)(C)C. The molecule has 0 aromatic heterocycles. The summed E-state index contributed by atoms with van der Waals surface area (Å²) in [5.41, 5.74) is -0.189. The van der Waals surface area contributed by atoms with Gasteiger partial charge in [-0.05, 0) is 40.7 Å². The Kier molecular flexibility index (Phi) is 8.06. The fourth-order valence-electron chi connectivity index (χ4n) is 4.18. The average Bonchev–Trinajstić information content (AvgIpc) is 2.59. The number of nitrogens with one attached hydrogen (secondary N) is 2. The van der Waals surface area contributed by atoms with Crippen molar-refractivity contribution < 1.29 is 14.3 Å². The van der Waals surface area contributed by atoms with Crippen LogP contribution in [-0.2, 0) is 14.3 Å². The number of carbonyl (C=O) groups excluding carboxylic acids is 2. The standard InChI is InChI=1S/C20H38N4O3/c1-19(2,3)22-18(26)15-23(4)14-17(25)21-16-20(8-6-5-7-9-20)24-10-12-27-13-11-24/h5-16H2,1-4H3,(H,21,25)(H,22,26). The molecule has 0 atom stereocenters. The predicted octanol–water partition coefficient (Wildman–Crippen LogP) is 0.984. The van der Waals surface area contributed by atoms with Crippen LogP contribution in [-0.4, -0.2) is 85.7 Å². The van der Waals surface area contributed by atoms with Crippen LogP contribution in [0, 0.1) is 0 Å². The van der Waals surface area contributed by atoms with E-state index in [2.05, 4.69) is 15.5 Å². The molecule has 2 aliphatic rings. The minimum atomic E-state index is -0.258. The third-order valence-corrected chi connectivity index (χ3v) is 5.42. The van der Waals surface area contributed by atoms with Crippen LogP contribution in [0.5, 0.6) is 0 Å². The lowest BCUT2D eigenvalue weighted by Gasteiger charge is -2.48. The molecule has 0 aromatic carbocycles. The second-order valence-electron chi connectivity index (χ2n) is 9.13. The van der Waals surface area contributed by atoms with Gasteiger partial charge in [0.1, 0.15) is 0 Å². The quantitative estimate of drug-likeness (QED) is 0.687. The second-order valence-corrected chi connectivity index (χ2v) is 9.13. The van der Waals surface area contributed by atoms with E-state index in [0.717, 1.165) is 39.1 Å². The summed E-state index contributed by atoms with van der Waals surface area (Å²) >= 11 is 0. The molecule has 1 saturated carbocycles. The summed E-state index contributed by atoms with van der Waals surface area (Å²) in [4.78, 5) is 28.8. The van der Waals surface area contributed by atoms with E-state index in [1.165, 1.54) is 19.3 Å². The normalized spacial score (nSPS) is 21.1. The molecule has 0 unspecified atom stereocenters. The van der Waals surface area contributed by atoms with Crippen LogP contribution >= 0.6 is 0 Å². The number of carbonyl (C=O) groups is 2. The Morgan fingerprint density at radius 2 is 1.63 bits per heavy atom. The van der Waals surface area contributed by atoms with E-state index in [0.29, 0.717) is 6.54 Å². The van der Waals surface area contributed by atoms with Crippen molar-refractivity contribution in [2.75, 3.05) is 53.0 Å². The van der Waals surface area contributed by atoms with Crippen molar-refractivity contribution in [3.05, 3.63) is 0 Å². The number of morpholine rings is 1. The van der Waals surface area contributed by atoms with Crippen LogP contribution in [0.3, 0.4) is 0 Å². The third-order valence-electron chi connectivity index (χ3n) is 5.42. The highest BCUT2D eigenvalue weighted by Crippen LogP contribution is 2.33. The van der Waals surface area contributed by atoms with Gasteiger partial charge in [-0.25, -0.2) is 0 Å². The van der Waals surface area contributed by atoms with Gasteiger partial charge in [0.05, 0.1) is 26.3 Å². The Morgan fingerprint density at radius 1 is 1.04 bits per heavy atom. The number of hydrogen-bond acceptors (Lipinski definition) is 5. The van der Waals surface area contributed by atoms with Gasteiger partial charge in [0.15, 0.2) is 0 Å². The van der Waals surface area contributed by atoms with Gasteiger partial charge in [-0.2, -0.15) is 0 Å². The minimum Gasteiger partial charge on any atom is -0.379 e. The number of rotatable bonds is 7. The highest BCUT2D eigenvalue weighted by Gasteiger charge is 2.38. The second kappa shape index (κ2) is 9.85. The van der Waals surface area contributed by atoms with Crippen LogP contribution in [0.4, 0.5) is 0 Å². The number of amides is 2. The van der Waals surface area contributed by atoms with Crippen molar-refractivity contribution in [1.82, 2.24) is 20.4 Å². The van der Waals surface area contributed by atoms with Crippen LogP contribution in [0.1, 0.15) is 52.9 Å². The van der Waals surface area contributed by atoms with Gasteiger partial charge in [-0.1, -0.05) is 19.3 Å². The number of hydrogen-bond donors (Lipinski definition) is 2. The first-order valence-electron chi connectivity index (χ1n) is 10.3. The molecule has 1 saturated heterocycles. The fourth-order valence-corrected chi connectivity index (χ4v) is 4.18. The Labute approximate surface area is 164 Å². The molecule has 1 aliphatic heterocycles. The van der Waals surface area contributed by atoms with Crippen molar-refractivity contribution in [1.29, 1.82) is 0 Å². The highest BCUT2D eigenvalue weighted by atomic mass is 16.5. The lowest BCUT2D eigenvalue weighted by molar-refractivity contribution is -0.125. The van der Waals surface area contributed by atoms with E-state index in [1.54, 1.807) is 11.9 Å². The molecule has 2 fully saturated rings. The van der Waals surface area contributed by atoms with E-state index < -0.39 is 0 Å². The Hall–Kier alpha value is -1.18. The van der Waals surface area contributed by atoms with Crippen LogP contribution in [0.15, 0.2) is 0 Å². The molecule has 0 radical (unpaired) electrons. The Balaban J connectivity index is 1.81. The molecule has 0 aromatic rings. The number of likely N-dealkylation sites (N-methyl/N-ethyl adjacent to an activating group) is 1. The molecule has 0 spiro atoms. The van der Waals surface area contributed by atoms with Gasteiger partial charge < -0.3 is 15.4 Å². The third kappa shape index (κ3) is 7.39. The molecular weight excluding hydrogens is 344 g/mol. The minimum absolute atomic E-state index is 0.0146. The average molecular weight is 383 g/mol. The molecule has 27 heavy (non-hydrogen) atoms. The lowest BCUT2D eigenvalue weighted by Crippen LogP contribution is -2.60. The Morgan fingerprint density at radius 3 is 2.22 bits per heavy atom. The van der Waals surface area contributed by atoms with Crippen molar-refractivity contribution >= 4 is 11.8 Å². The predicted molar refractivity (Wildman–Crippen MR) is 107 cm³/mol. The summed E-state index contributed by atoms with van der Waals surface area (Å²) in [6, 6.07) is 0. The van der Waals surface area contributed by atoms with Gasteiger partial charge in [0.25, 0.3) is 0 Å². The first kappa shape index (κ1) is 22.1. The first-order chi connectivity index (χ1) is 12.7. The summed E-state index contributed by atoms with van der Waals surface area (Å²) < 4.78 is 5.51. The zero-order valence-electron chi connectivity index (χ0n) is 17.6. The maximum Gasteiger partial charge on any atom is 0.234 e. The number of ether oxygens (including phenoxy) is 1. The first-order valence-corrected chi connectivity index (χ1v) is 10.3. The maximum absolute atomic E-state index is 12.5. The molecule has 7 heteroatoms. The van der Waals surface area contributed by atoms with E-state index in [9.17, 15) is 9.59 Å². The zero-order chi connectivity index (χ0) is 19.9.